The summed E-state index contributed by atoms with van der Waals surface area (Å²) >= 11 is 0. The van der Waals surface area contributed by atoms with Gasteiger partial charge >= 0.3 is 0 Å². The van der Waals surface area contributed by atoms with Crippen molar-refractivity contribution in [2.45, 2.75) is 146 Å². The summed E-state index contributed by atoms with van der Waals surface area (Å²) < 4.78 is 23.3. The lowest BCUT2D eigenvalue weighted by Crippen LogP contribution is -2.65. The summed E-state index contributed by atoms with van der Waals surface area (Å²) in [5.41, 5.74) is 16.3. The molecule has 0 bridgehead atoms. The Hall–Kier alpha value is -1.59. The van der Waals surface area contributed by atoms with E-state index < -0.39 is 86.2 Å². The number of ether oxygens (including phenoxy) is 4. The van der Waals surface area contributed by atoms with Crippen LogP contribution in [0, 0.1) is 0 Å². The number of aliphatic imine (C=N–C) groups is 1. The molecule has 1 aliphatic carbocycles. The topological polar surface area (TPSA) is 223 Å². The number of aliphatic hydroxyl groups is 6. The summed E-state index contributed by atoms with van der Waals surface area (Å²) in [6, 6.07) is -1.49. The Morgan fingerprint density at radius 3 is 2.13 bits per heavy atom. The Morgan fingerprint density at radius 1 is 0.778 bits per heavy atom. The van der Waals surface area contributed by atoms with Gasteiger partial charge in [0.15, 0.2) is 12.6 Å². The van der Waals surface area contributed by atoms with Crippen molar-refractivity contribution in [2.24, 2.45) is 16.5 Å². The fourth-order valence-electron chi connectivity index (χ4n) is 5.73. The molecule has 2 aliphatic heterocycles. The monoisotopic (exact) mass is 641 g/mol. The van der Waals surface area contributed by atoms with E-state index in [1.54, 1.807) is 6.21 Å². The molecule has 3 aliphatic rings. The maximum Gasteiger partial charge on any atom is 0.187 e. The minimum atomic E-state index is -1.50. The fourth-order valence-corrected chi connectivity index (χ4v) is 5.73. The number of aliphatic hydroxyl groups excluding tert-OH is 6. The van der Waals surface area contributed by atoms with Crippen LogP contribution >= 0.6 is 0 Å². The maximum atomic E-state index is 10.9. The third kappa shape index (κ3) is 11.0. The zero-order valence-corrected chi connectivity index (χ0v) is 26.9. The molecule has 0 radical (unpaired) electrons. The Morgan fingerprint density at radius 2 is 1.47 bits per heavy atom. The zero-order valence-electron chi connectivity index (χ0n) is 26.9. The van der Waals surface area contributed by atoms with E-state index >= 15 is 0 Å². The number of hydrogen-bond donors (Lipinski definition) is 8. The second-order valence-electron chi connectivity index (χ2n) is 12.8. The molecule has 0 aromatic heterocycles. The molecule has 0 spiro atoms. The molecule has 13 unspecified atom stereocenters. The predicted molar refractivity (Wildman–Crippen MR) is 168 cm³/mol. The van der Waals surface area contributed by atoms with Crippen LogP contribution in [-0.2, 0) is 18.9 Å². The molecule has 3 fully saturated rings. The minimum Gasteiger partial charge on any atom is -0.394 e. The fraction of sp³-hybridized carbons (Fsp3) is 0.781. The van der Waals surface area contributed by atoms with E-state index in [1.807, 2.05) is 13.0 Å². The third-order valence-corrected chi connectivity index (χ3v) is 8.57. The van der Waals surface area contributed by atoms with Gasteiger partial charge in [0.05, 0.1) is 25.4 Å². The molecule has 1 saturated carbocycles. The largest absolute Gasteiger partial charge is 0.394 e. The van der Waals surface area contributed by atoms with E-state index in [4.69, 9.17) is 30.4 Å². The summed E-state index contributed by atoms with van der Waals surface area (Å²) in [5.74, 6) is 0. The van der Waals surface area contributed by atoms with Gasteiger partial charge in [-0.25, -0.2) is 0 Å². The quantitative estimate of drug-likeness (QED) is 0.0923. The molecule has 0 aromatic carbocycles. The van der Waals surface area contributed by atoms with Gasteiger partial charge < -0.3 is 61.1 Å². The van der Waals surface area contributed by atoms with Gasteiger partial charge in [-0.15, -0.1) is 0 Å². The molecule has 13 atom stereocenters. The number of hydrogen-bond acceptors (Lipinski definition) is 13. The first-order valence-corrected chi connectivity index (χ1v) is 15.9. The van der Waals surface area contributed by atoms with E-state index in [0.717, 1.165) is 31.3 Å². The average Bonchev–Trinajstić information content (AvgIpc) is 3.25. The molecular weight excluding hydrogens is 586 g/mol. The maximum absolute atomic E-state index is 10.9. The SMILES string of the molecule is CC(C)=CCC/C(C)=C/CC/C(C)=C/C=NCC1OC(OC2C(N)CC(N)C(O)C2OC2OC(CO)C(O)C2O)CC(O)C1O. The molecule has 3 rings (SSSR count). The van der Waals surface area contributed by atoms with Crippen LogP contribution in [0.15, 0.2) is 39.9 Å². The highest BCUT2D eigenvalue weighted by Gasteiger charge is 2.51. The smallest absolute Gasteiger partial charge is 0.187 e. The van der Waals surface area contributed by atoms with Gasteiger partial charge in [-0.1, -0.05) is 28.9 Å². The van der Waals surface area contributed by atoms with E-state index in [0.29, 0.717) is 0 Å². The number of rotatable bonds is 14. The van der Waals surface area contributed by atoms with Crippen molar-refractivity contribution in [1.29, 1.82) is 0 Å². The van der Waals surface area contributed by atoms with Crippen LogP contribution in [0.4, 0.5) is 0 Å². The lowest BCUT2D eigenvalue weighted by molar-refractivity contribution is -0.301. The van der Waals surface area contributed by atoms with Crippen molar-refractivity contribution < 1.29 is 49.6 Å². The van der Waals surface area contributed by atoms with E-state index in [2.05, 4.69) is 37.9 Å². The van der Waals surface area contributed by atoms with Gasteiger partial charge in [0.25, 0.3) is 0 Å². The number of nitrogens with two attached hydrogens (primary N) is 2. The summed E-state index contributed by atoms with van der Waals surface area (Å²) in [4.78, 5) is 4.38. The van der Waals surface area contributed by atoms with Gasteiger partial charge in [-0.3, -0.25) is 4.99 Å². The lowest BCUT2D eigenvalue weighted by atomic mass is 9.84. The van der Waals surface area contributed by atoms with Crippen molar-refractivity contribution in [3.8, 4) is 0 Å². The second-order valence-corrected chi connectivity index (χ2v) is 12.8. The zero-order chi connectivity index (χ0) is 33.3. The van der Waals surface area contributed by atoms with Crippen molar-refractivity contribution in [2.75, 3.05) is 13.2 Å². The van der Waals surface area contributed by atoms with Crippen LogP contribution in [0.2, 0.25) is 0 Å². The molecule has 0 amide bonds. The molecule has 0 aromatic rings. The summed E-state index contributed by atoms with van der Waals surface area (Å²) in [5, 5.41) is 61.9. The Balaban J connectivity index is 1.57. The highest BCUT2D eigenvalue weighted by Crippen LogP contribution is 2.32. The predicted octanol–water partition coefficient (Wildman–Crippen LogP) is -0.0582. The Labute approximate surface area is 266 Å². The molecule has 2 saturated heterocycles. The number of nitrogens with zero attached hydrogens (tertiary/aromatic N) is 1. The molecule has 10 N–H and O–H groups in total. The summed E-state index contributed by atoms with van der Waals surface area (Å²) in [7, 11) is 0. The molecular formula is C32H55N3O10. The minimum absolute atomic E-state index is 0.0674. The highest BCUT2D eigenvalue weighted by atomic mass is 16.7. The van der Waals surface area contributed by atoms with Crippen LogP contribution < -0.4 is 11.5 Å². The van der Waals surface area contributed by atoms with Crippen molar-refractivity contribution in [1.82, 2.24) is 0 Å². The van der Waals surface area contributed by atoms with Gasteiger partial charge in [0.1, 0.15) is 42.7 Å². The van der Waals surface area contributed by atoms with Crippen LogP contribution in [0.3, 0.4) is 0 Å². The van der Waals surface area contributed by atoms with Crippen LogP contribution in [-0.4, -0.2) is 130 Å². The first-order valence-electron chi connectivity index (χ1n) is 15.9. The first kappa shape index (κ1) is 37.9. The van der Waals surface area contributed by atoms with Crippen LogP contribution in [0.1, 0.15) is 66.2 Å². The average molecular weight is 642 g/mol. The van der Waals surface area contributed by atoms with E-state index in [-0.39, 0.29) is 19.4 Å². The number of allylic oxidation sites excluding steroid dienone is 6. The van der Waals surface area contributed by atoms with Crippen LogP contribution in [0.5, 0.6) is 0 Å². The van der Waals surface area contributed by atoms with Crippen molar-refractivity contribution in [3.05, 3.63) is 34.9 Å². The lowest BCUT2D eigenvalue weighted by Gasteiger charge is -2.45. The van der Waals surface area contributed by atoms with Gasteiger partial charge in [0, 0.05) is 24.7 Å². The molecule has 258 valence electrons. The first-order chi connectivity index (χ1) is 21.3. The molecule has 2 heterocycles. The second kappa shape index (κ2) is 18.1. The molecule has 13 nitrogen and oxygen atoms in total. The van der Waals surface area contributed by atoms with Gasteiger partial charge in [0.2, 0.25) is 0 Å². The highest BCUT2D eigenvalue weighted by molar-refractivity contribution is 5.72. The standard InChI is InChI=1S/C32H55N3O10/c1-17(2)7-5-8-18(3)9-6-10-19(4)11-12-35-15-23-27(39)22(37)14-25(42-23)44-30-21(34)13-20(33)26(38)31(30)45-32-29(41)28(40)24(16-36)43-32/h7,9,11-12,20-32,36-41H,5-6,8,10,13-16,33-34H2,1-4H3/b18-9+,19-11+,35-12?. The molecule has 45 heavy (non-hydrogen) atoms. The van der Waals surface area contributed by atoms with Gasteiger partial charge in [-0.05, 0) is 65.9 Å². The van der Waals surface area contributed by atoms with Gasteiger partial charge in [-0.2, -0.15) is 0 Å². The normalized spacial score (nSPS) is 39.9. The summed E-state index contributed by atoms with van der Waals surface area (Å²) in [6.07, 6.45) is -0.956. The third-order valence-electron chi connectivity index (χ3n) is 8.57. The summed E-state index contributed by atoms with van der Waals surface area (Å²) in [6.45, 7) is 7.92. The van der Waals surface area contributed by atoms with E-state index in [9.17, 15) is 30.6 Å². The Kier molecular flexibility index (Phi) is 15.2. The van der Waals surface area contributed by atoms with Crippen molar-refractivity contribution >= 4 is 6.21 Å². The Bertz CT molecular complexity index is 1030. The molecule has 13 heteroatoms. The van der Waals surface area contributed by atoms with E-state index in [1.165, 1.54) is 11.1 Å². The van der Waals surface area contributed by atoms with Crippen molar-refractivity contribution in [3.63, 3.8) is 0 Å². The van der Waals surface area contributed by atoms with Crippen LogP contribution in [0.25, 0.3) is 0 Å².